The molecule has 2 aromatic carbocycles. The Kier molecular flexibility index (Phi) is 5.78. The minimum atomic E-state index is -4.54. The number of alkyl halides is 3. The van der Waals surface area contributed by atoms with Gasteiger partial charge in [0.1, 0.15) is 16.0 Å². The first-order valence-corrected chi connectivity index (χ1v) is 7.71. The van der Waals surface area contributed by atoms with E-state index in [-0.39, 0.29) is 11.3 Å². The van der Waals surface area contributed by atoms with Crippen molar-refractivity contribution in [2.45, 2.75) is 6.18 Å². The first-order valence-electron chi connectivity index (χ1n) is 6.92. The Labute approximate surface area is 150 Å². The summed E-state index contributed by atoms with van der Waals surface area (Å²) in [5, 5.41) is 0. The van der Waals surface area contributed by atoms with E-state index in [1.54, 1.807) is 0 Å². The number of benzene rings is 2. The lowest BCUT2D eigenvalue weighted by molar-refractivity contribution is -0.137. The molecule has 2 aromatic rings. The lowest BCUT2D eigenvalue weighted by Gasteiger charge is -2.16. The van der Waals surface area contributed by atoms with Gasteiger partial charge in [-0.05, 0) is 40.2 Å². The number of hydrogen-bond donors (Lipinski definition) is 2. The molecule has 134 valence electrons. The summed E-state index contributed by atoms with van der Waals surface area (Å²) in [6, 6.07) is 7.68. The van der Waals surface area contributed by atoms with Crippen LogP contribution in [0.2, 0.25) is 0 Å². The van der Waals surface area contributed by atoms with Crippen molar-refractivity contribution < 1.29 is 27.4 Å². The monoisotopic (exact) mass is 418 g/mol. The molecule has 0 aliphatic heterocycles. The molecule has 0 saturated carbocycles. The third-order valence-electron chi connectivity index (χ3n) is 3.25. The summed E-state index contributed by atoms with van der Waals surface area (Å²) < 4.78 is 49.6. The number of rotatable bonds is 5. The highest BCUT2D eigenvalue weighted by molar-refractivity contribution is 9.10. The van der Waals surface area contributed by atoms with Crippen LogP contribution in [0, 0.1) is 0 Å². The average molecular weight is 419 g/mol. The number of anilines is 1. The summed E-state index contributed by atoms with van der Waals surface area (Å²) in [5.41, 5.74) is 3.52. The van der Waals surface area contributed by atoms with E-state index >= 15 is 0 Å². The van der Waals surface area contributed by atoms with Gasteiger partial charge in [0.25, 0.3) is 5.91 Å². The highest BCUT2D eigenvalue weighted by atomic mass is 79.9. The maximum Gasteiger partial charge on any atom is 0.418 e. The number of halogens is 4. The molecule has 0 aromatic heterocycles. The fourth-order valence-electron chi connectivity index (χ4n) is 2.04. The molecule has 0 unspecified atom stereocenters. The van der Waals surface area contributed by atoms with Crippen LogP contribution in [0.1, 0.15) is 15.9 Å². The van der Waals surface area contributed by atoms with Gasteiger partial charge in [0.2, 0.25) is 0 Å². The van der Waals surface area contributed by atoms with Crippen LogP contribution in [-0.4, -0.2) is 20.1 Å². The van der Waals surface area contributed by atoms with Crippen molar-refractivity contribution >= 4 is 27.5 Å². The Hall–Kier alpha value is -2.42. The fraction of sp³-hybridized carbons (Fsp3) is 0.188. The van der Waals surface area contributed by atoms with Gasteiger partial charge in [-0.1, -0.05) is 12.1 Å². The third-order valence-corrected chi connectivity index (χ3v) is 4.03. The quantitative estimate of drug-likeness (QED) is 0.712. The Balaban J connectivity index is 2.22. The number of hydrazine groups is 1. The SMILES string of the molecule is COc1cc(C(=O)NNc2ccccc2C(F)(F)F)cc(OC)c1Br. The Morgan fingerprint density at radius 2 is 1.64 bits per heavy atom. The van der Waals surface area contributed by atoms with Crippen molar-refractivity contribution in [2.75, 3.05) is 19.6 Å². The first-order chi connectivity index (χ1) is 11.8. The molecule has 5 nitrogen and oxygen atoms in total. The average Bonchev–Trinajstić information content (AvgIpc) is 2.59. The second kappa shape index (κ2) is 7.64. The zero-order valence-corrected chi connectivity index (χ0v) is 14.8. The molecule has 0 aliphatic carbocycles. The van der Waals surface area contributed by atoms with Crippen LogP contribution in [0.15, 0.2) is 40.9 Å². The van der Waals surface area contributed by atoms with Crippen molar-refractivity contribution in [3.8, 4) is 11.5 Å². The highest BCUT2D eigenvalue weighted by Gasteiger charge is 2.33. The molecular formula is C16H14BrF3N2O3. The maximum absolute atomic E-state index is 12.9. The summed E-state index contributed by atoms with van der Waals surface area (Å²) in [6.45, 7) is 0. The predicted molar refractivity (Wildman–Crippen MR) is 89.8 cm³/mol. The van der Waals surface area contributed by atoms with Gasteiger partial charge in [-0.2, -0.15) is 13.2 Å². The molecule has 0 radical (unpaired) electrons. The first kappa shape index (κ1) is 18.9. The maximum atomic E-state index is 12.9. The summed E-state index contributed by atoms with van der Waals surface area (Å²) in [6.07, 6.45) is -4.54. The fourth-order valence-corrected chi connectivity index (χ4v) is 2.59. The summed E-state index contributed by atoms with van der Waals surface area (Å²) in [4.78, 5) is 12.2. The Morgan fingerprint density at radius 1 is 1.08 bits per heavy atom. The van der Waals surface area contributed by atoms with Crippen molar-refractivity contribution in [3.05, 3.63) is 52.0 Å². The van der Waals surface area contributed by atoms with E-state index in [0.717, 1.165) is 6.07 Å². The van der Waals surface area contributed by atoms with E-state index in [0.29, 0.717) is 16.0 Å². The molecule has 0 aliphatic rings. The number of carbonyl (C=O) groups excluding carboxylic acids is 1. The number of methoxy groups -OCH3 is 2. The van der Waals surface area contributed by atoms with Gasteiger partial charge in [0.05, 0.1) is 25.5 Å². The van der Waals surface area contributed by atoms with Crippen molar-refractivity contribution in [1.29, 1.82) is 0 Å². The Morgan fingerprint density at radius 3 is 2.16 bits per heavy atom. The van der Waals surface area contributed by atoms with Gasteiger partial charge in [-0.3, -0.25) is 15.6 Å². The molecular weight excluding hydrogens is 405 g/mol. The topological polar surface area (TPSA) is 59.6 Å². The predicted octanol–water partition coefficient (Wildman–Crippen LogP) is 4.24. The van der Waals surface area contributed by atoms with Gasteiger partial charge in [-0.15, -0.1) is 0 Å². The van der Waals surface area contributed by atoms with Crippen LogP contribution in [0.4, 0.5) is 18.9 Å². The molecule has 9 heteroatoms. The lowest BCUT2D eigenvalue weighted by Crippen LogP contribution is -2.30. The minimum Gasteiger partial charge on any atom is -0.495 e. The molecule has 1 amide bonds. The van der Waals surface area contributed by atoms with Crippen LogP contribution < -0.4 is 20.3 Å². The number of nitrogens with one attached hydrogen (secondary N) is 2. The van der Waals surface area contributed by atoms with Gasteiger partial charge in [0.15, 0.2) is 0 Å². The van der Waals surface area contributed by atoms with E-state index in [1.165, 1.54) is 44.6 Å². The van der Waals surface area contributed by atoms with E-state index in [1.807, 2.05) is 0 Å². The van der Waals surface area contributed by atoms with Gasteiger partial charge >= 0.3 is 6.18 Å². The smallest absolute Gasteiger partial charge is 0.418 e. The van der Waals surface area contributed by atoms with Gasteiger partial charge < -0.3 is 9.47 Å². The van der Waals surface area contributed by atoms with E-state index in [9.17, 15) is 18.0 Å². The van der Waals surface area contributed by atoms with E-state index in [2.05, 4.69) is 26.8 Å². The standard InChI is InChI=1S/C16H14BrF3N2O3/c1-24-12-7-9(8-13(25-2)14(12)17)15(23)22-21-11-6-4-3-5-10(11)16(18,19)20/h3-8,21H,1-2H3,(H,22,23). The normalized spacial score (nSPS) is 11.0. The zero-order valence-electron chi connectivity index (χ0n) is 13.2. The van der Waals surface area contributed by atoms with Crippen LogP contribution >= 0.6 is 15.9 Å². The van der Waals surface area contributed by atoms with Gasteiger partial charge in [-0.25, -0.2) is 0 Å². The second-order valence-corrected chi connectivity index (χ2v) is 5.61. The van der Waals surface area contributed by atoms with Crippen molar-refractivity contribution in [3.63, 3.8) is 0 Å². The highest BCUT2D eigenvalue weighted by Crippen LogP contribution is 2.36. The number of para-hydroxylation sites is 1. The molecule has 0 spiro atoms. The summed E-state index contributed by atoms with van der Waals surface area (Å²) in [7, 11) is 2.83. The molecule has 0 atom stereocenters. The zero-order chi connectivity index (χ0) is 18.6. The van der Waals surface area contributed by atoms with E-state index < -0.39 is 17.6 Å². The molecule has 2 rings (SSSR count). The summed E-state index contributed by atoms with van der Waals surface area (Å²) in [5.74, 6) is 0.0430. The molecule has 0 fully saturated rings. The van der Waals surface area contributed by atoms with Crippen LogP contribution in [0.5, 0.6) is 11.5 Å². The molecule has 0 bridgehead atoms. The summed E-state index contributed by atoms with van der Waals surface area (Å²) >= 11 is 3.27. The molecule has 2 N–H and O–H groups in total. The number of amides is 1. The van der Waals surface area contributed by atoms with Crippen molar-refractivity contribution in [2.24, 2.45) is 0 Å². The van der Waals surface area contributed by atoms with Crippen LogP contribution in [-0.2, 0) is 6.18 Å². The minimum absolute atomic E-state index is 0.147. The van der Waals surface area contributed by atoms with Crippen LogP contribution in [0.3, 0.4) is 0 Å². The largest absolute Gasteiger partial charge is 0.495 e. The number of carbonyl (C=O) groups is 1. The van der Waals surface area contributed by atoms with Crippen molar-refractivity contribution in [1.82, 2.24) is 5.43 Å². The number of ether oxygens (including phenoxy) is 2. The van der Waals surface area contributed by atoms with Gasteiger partial charge in [0, 0.05) is 5.56 Å². The van der Waals surface area contributed by atoms with Crippen LogP contribution in [0.25, 0.3) is 0 Å². The second-order valence-electron chi connectivity index (χ2n) is 4.82. The lowest BCUT2D eigenvalue weighted by atomic mass is 10.1. The van der Waals surface area contributed by atoms with E-state index in [4.69, 9.17) is 9.47 Å². The molecule has 0 heterocycles. The Bertz CT molecular complexity index is 756. The molecule has 25 heavy (non-hydrogen) atoms. The third kappa shape index (κ3) is 4.36. The number of hydrogen-bond acceptors (Lipinski definition) is 4. The molecule has 0 saturated heterocycles.